The molecular formula is C14H14FNO3S. The highest BCUT2D eigenvalue weighted by molar-refractivity contribution is 7.92. The average Bonchev–Trinajstić information content (AvgIpc) is 2.41. The molecule has 0 spiro atoms. The molecule has 0 saturated heterocycles. The van der Waals surface area contributed by atoms with Crippen LogP contribution in [-0.2, 0) is 16.6 Å². The largest absolute Gasteiger partial charge is 0.392 e. The summed E-state index contributed by atoms with van der Waals surface area (Å²) in [7, 11) is -3.90. The molecule has 0 heterocycles. The molecule has 0 aromatic heterocycles. The zero-order valence-corrected chi connectivity index (χ0v) is 11.6. The summed E-state index contributed by atoms with van der Waals surface area (Å²) in [6, 6.07) is 10.1. The van der Waals surface area contributed by atoms with E-state index in [-0.39, 0.29) is 17.2 Å². The van der Waals surface area contributed by atoms with Crippen LogP contribution in [0, 0.1) is 12.7 Å². The van der Waals surface area contributed by atoms with E-state index in [0.29, 0.717) is 11.1 Å². The number of aliphatic hydroxyl groups is 1. The van der Waals surface area contributed by atoms with Gasteiger partial charge in [0.2, 0.25) is 0 Å². The first-order valence-electron chi connectivity index (χ1n) is 5.92. The highest BCUT2D eigenvalue weighted by Crippen LogP contribution is 2.22. The third-order valence-electron chi connectivity index (χ3n) is 2.87. The number of rotatable bonds is 4. The molecule has 0 amide bonds. The smallest absolute Gasteiger partial charge is 0.262 e. The molecule has 0 aliphatic carbocycles. The van der Waals surface area contributed by atoms with E-state index in [1.165, 1.54) is 18.2 Å². The summed E-state index contributed by atoms with van der Waals surface area (Å²) in [5, 5.41) is 9.19. The fourth-order valence-electron chi connectivity index (χ4n) is 1.82. The Hall–Kier alpha value is -1.92. The van der Waals surface area contributed by atoms with Crippen LogP contribution in [0.25, 0.3) is 0 Å². The summed E-state index contributed by atoms with van der Waals surface area (Å²) >= 11 is 0. The fourth-order valence-corrected chi connectivity index (χ4v) is 3.18. The van der Waals surface area contributed by atoms with Gasteiger partial charge in [0, 0.05) is 5.56 Å². The van der Waals surface area contributed by atoms with Gasteiger partial charge >= 0.3 is 0 Å². The van der Waals surface area contributed by atoms with E-state index in [9.17, 15) is 17.9 Å². The Labute approximate surface area is 116 Å². The molecular weight excluding hydrogens is 281 g/mol. The van der Waals surface area contributed by atoms with Crippen molar-refractivity contribution in [2.45, 2.75) is 18.4 Å². The molecule has 2 rings (SSSR count). The Morgan fingerprint density at radius 3 is 2.60 bits per heavy atom. The minimum absolute atomic E-state index is 0.120. The molecule has 106 valence electrons. The van der Waals surface area contributed by atoms with E-state index in [1.54, 1.807) is 25.1 Å². The topological polar surface area (TPSA) is 66.4 Å². The van der Waals surface area contributed by atoms with Crippen LogP contribution >= 0.6 is 0 Å². The molecule has 0 atom stereocenters. The van der Waals surface area contributed by atoms with Gasteiger partial charge in [0.05, 0.1) is 17.2 Å². The summed E-state index contributed by atoms with van der Waals surface area (Å²) < 4.78 is 40.2. The van der Waals surface area contributed by atoms with Crippen LogP contribution < -0.4 is 4.72 Å². The molecule has 2 aromatic rings. The molecule has 4 nitrogen and oxygen atoms in total. The second-order valence-electron chi connectivity index (χ2n) is 4.33. The van der Waals surface area contributed by atoms with Gasteiger partial charge in [-0.2, -0.15) is 0 Å². The van der Waals surface area contributed by atoms with Crippen LogP contribution in [-0.4, -0.2) is 13.5 Å². The molecule has 0 aliphatic rings. The minimum Gasteiger partial charge on any atom is -0.392 e. The Morgan fingerprint density at radius 1 is 1.20 bits per heavy atom. The monoisotopic (exact) mass is 295 g/mol. The first-order chi connectivity index (χ1) is 9.44. The molecule has 0 bridgehead atoms. The number of anilines is 1. The van der Waals surface area contributed by atoms with Crippen LogP contribution in [0.4, 0.5) is 10.1 Å². The summed E-state index contributed by atoms with van der Waals surface area (Å²) in [6.45, 7) is 1.30. The third kappa shape index (κ3) is 2.97. The predicted octanol–water partition coefficient (Wildman–Crippen LogP) is 2.43. The maximum absolute atomic E-state index is 13.2. The number of para-hydroxylation sites is 1. The van der Waals surface area contributed by atoms with Gasteiger partial charge in [-0.15, -0.1) is 0 Å². The Balaban J connectivity index is 2.43. The van der Waals surface area contributed by atoms with E-state index in [2.05, 4.69) is 4.72 Å². The SMILES string of the molecule is Cc1ccc(F)cc1S(=O)(=O)Nc1ccccc1CO. The minimum atomic E-state index is -3.90. The summed E-state index contributed by atoms with van der Waals surface area (Å²) in [4.78, 5) is -0.120. The van der Waals surface area contributed by atoms with E-state index in [0.717, 1.165) is 6.07 Å². The van der Waals surface area contributed by atoms with E-state index in [4.69, 9.17) is 0 Å². The quantitative estimate of drug-likeness (QED) is 0.910. The lowest BCUT2D eigenvalue weighted by atomic mass is 10.2. The average molecular weight is 295 g/mol. The van der Waals surface area contributed by atoms with Crippen LogP contribution in [0.2, 0.25) is 0 Å². The summed E-state index contributed by atoms with van der Waals surface area (Å²) in [6.07, 6.45) is 0. The van der Waals surface area contributed by atoms with Crippen molar-refractivity contribution in [3.05, 3.63) is 59.4 Å². The lowest BCUT2D eigenvalue weighted by Gasteiger charge is -2.12. The lowest BCUT2D eigenvalue weighted by molar-refractivity contribution is 0.282. The standard InChI is InChI=1S/C14H14FNO3S/c1-10-6-7-12(15)8-14(10)20(18,19)16-13-5-3-2-4-11(13)9-17/h2-8,16-17H,9H2,1H3. The fraction of sp³-hybridized carbons (Fsp3) is 0.143. The number of aliphatic hydroxyl groups excluding tert-OH is 1. The molecule has 0 fully saturated rings. The zero-order valence-electron chi connectivity index (χ0n) is 10.8. The van der Waals surface area contributed by atoms with E-state index < -0.39 is 15.8 Å². The first kappa shape index (κ1) is 14.5. The van der Waals surface area contributed by atoms with Crippen molar-refractivity contribution >= 4 is 15.7 Å². The van der Waals surface area contributed by atoms with Crippen molar-refractivity contribution in [3.8, 4) is 0 Å². The van der Waals surface area contributed by atoms with Crippen molar-refractivity contribution in [2.75, 3.05) is 4.72 Å². The van der Waals surface area contributed by atoms with Crippen LogP contribution in [0.15, 0.2) is 47.4 Å². The van der Waals surface area contributed by atoms with Gasteiger partial charge in [0.25, 0.3) is 10.0 Å². The van der Waals surface area contributed by atoms with Crippen molar-refractivity contribution in [2.24, 2.45) is 0 Å². The molecule has 0 aliphatic heterocycles. The molecule has 0 radical (unpaired) electrons. The maximum Gasteiger partial charge on any atom is 0.262 e. The molecule has 0 saturated carbocycles. The van der Waals surface area contributed by atoms with Gasteiger partial charge in [-0.1, -0.05) is 24.3 Å². The van der Waals surface area contributed by atoms with Crippen molar-refractivity contribution < 1.29 is 17.9 Å². The third-order valence-corrected chi connectivity index (χ3v) is 4.38. The normalized spacial score (nSPS) is 11.3. The Morgan fingerprint density at radius 2 is 1.90 bits per heavy atom. The second kappa shape index (κ2) is 5.60. The van der Waals surface area contributed by atoms with Crippen LogP contribution in [0.3, 0.4) is 0 Å². The summed E-state index contributed by atoms with van der Waals surface area (Å²) in [5.41, 5.74) is 1.17. The van der Waals surface area contributed by atoms with Gasteiger partial charge in [0.1, 0.15) is 5.82 Å². The number of hydrogen-bond donors (Lipinski definition) is 2. The Kier molecular flexibility index (Phi) is 4.06. The number of halogens is 1. The number of nitrogens with one attached hydrogen (secondary N) is 1. The van der Waals surface area contributed by atoms with Crippen LogP contribution in [0.5, 0.6) is 0 Å². The van der Waals surface area contributed by atoms with Crippen LogP contribution in [0.1, 0.15) is 11.1 Å². The lowest BCUT2D eigenvalue weighted by Crippen LogP contribution is -2.15. The molecule has 0 unspecified atom stereocenters. The van der Waals surface area contributed by atoms with Gasteiger partial charge < -0.3 is 5.11 Å². The van der Waals surface area contributed by atoms with Gasteiger partial charge in [0.15, 0.2) is 0 Å². The number of aryl methyl sites for hydroxylation is 1. The van der Waals surface area contributed by atoms with E-state index >= 15 is 0 Å². The molecule has 20 heavy (non-hydrogen) atoms. The first-order valence-corrected chi connectivity index (χ1v) is 7.40. The molecule has 2 N–H and O–H groups in total. The maximum atomic E-state index is 13.2. The summed E-state index contributed by atoms with van der Waals surface area (Å²) in [5.74, 6) is -0.619. The van der Waals surface area contributed by atoms with Gasteiger partial charge in [-0.3, -0.25) is 4.72 Å². The van der Waals surface area contributed by atoms with Crippen molar-refractivity contribution in [1.29, 1.82) is 0 Å². The van der Waals surface area contributed by atoms with Gasteiger partial charge in [-0.05, 0) is 30.7 Å². The molecule has 2 aromatic carbocycles. The number of benzene rings is 2. The second-order valence-corrected chi connectivity index (χ2v) is 5.98. The Bertz CT molecular complexity index is 729. The van der Waals surface area contributed by atoms with Gasteiger partial charge in [-0.25, -0.2) is 12.8 Å². The van der Waals surface area contributed by atoms with Crippen molar-refractivity contribution in [1.82, 2.24) is 0 Å². The predicted molar refractivity (Wildman–Crippen MR) is 74.3 cm³/mol. The molecule has 6 heteroatoms. The van der Waals surface area contributed by atoms with E-state index in [1.807, 2.05) is 0 Å². The zero-order chi connectivity index (χ0) is 14.8. The number of sulfonamides is 1. The van der Waals surface area contributed by atoms with Crippen molar-refractivity contribution in [3.63, 3.8) is 0 Å². The number of hydrogen-bond acceptors (Lipinski definition) is 3. The highest BCUT2D eigenvalue weighted by atomic mass is 32.2. The highest BCUT2D eigenvalue weighted by Gasteiger charge is 2.18.